The number of nitrogens with zero attached hydrogens (tertiary/aromatic N) is 1. The molecule has 0 atom stereocenters. The average molecular weight is 375 g/mol. The van der Waals surface area contributed by atoms with E-state index in [1.54, 1.807) is 0 Å². The maximum Gasteiger partial charge on any atom is 0.334 e. The van der Waals surface area contributed by atoms with Crippen LogP contribution in [-0.2, 0) is 29.1 Å². The molecular formula is C17H29NO6S. The van der Waals surface area contributed by atoms with Crippen molar-refractivity contribution in [2.24, 2.45) is 0 Å². The molecule has 0 aromatic rings. The number of sulfonamides is 1. The van der Waals surface area contributed by atoms with Crippen molar-refractivity contribution in [1.82, 2.24) is 4.31 Å². The molecule has 25 heavy (non-hydrogen) atoms. The average Bonchev–Trinajstić information content (AvgIpc) is 2.54. The minimum Gasteiger partial charge on any atom is -0.465 e. The van der Waals surface area contributed by atoms with Gasteiger partial charge >= 0.3 is 11.9 Å². The van der Waals surface area contributed by atoms with E-state index in [-0.39, 0.29) is 18.1 Å². The number of piperidine rings is 1. The first-order chi connectivity index (χ1) is 11.7. The molecule has 0 aromatic heterocycles. The van der Waals surface area contributed by atoms with Crippen LogP contribution in [0.4, 0.5) is 0 Å². The molecule has 0 amide bonds. The van der Waals surface area contributed by atoms with Gasteiger partial charge in [0.15, 0.2) is 0 Å². The Morgan fingerprint density at radius 3 is 2.36 bits per heavy atom. The molecule has 0 aromatic carbocycles. The highest BCUT2D eigenvalue weighted by Gasteiger charge is 2.27. The van der Waals surface area contributed by atoms with Crippen LogP contribution >= 0.6 is 0 Å². The lowest BCUT2D eigenvalue weighted by molar-refractivity contribution is -0.149. The summed E-state index contributed by atoms with van der Waals surface area (Å²) >= 11 is 0. The Hall–Kier alpha value is -1.41. The molecule has 8 heteroatoms. The minimum atomic E-state index is -3.21. The van der Waals surface area contributed by atoms with Gasteiger partial charge in [-0.3, -0.25) is 4.79 Å². The second-order valence-electron chi connectivity index (χ2n) is 6.33. The number of esters is 2. The molecular weight excluding hydrogens is 346 g/mol. The number of rotatable bonds is 10. The molecule has 0 N–H and O–H groups in total. The second kappa shape index (κ2) is 10.6. The molecule has 144 valence electrons. The van der Waals surface area contributed by atoms with Crippen molar-refractivity contribution in [2.45, 2.75) is 58.0 Å². The van der Waals surface area contributed by atoms with Crippen LogP contribution in [0.1, 0.15) is 51.9 Å². The molecule has 1 rings (SSSR count). The van der Waals surface area contributed by atoms with Crippen molar-refractivity contribution in [3.63, 3.8) is 0 Å². The van der Waals surface area contributed by atoms with E-state index in [0.29, 0.717) is 32.5 Å². The zero-order valence-electron chi connectivity index (χ0n) is 15.2. The first-order valence-electron chi connectivity index (χ1n) is 8.73. The Balaban J connectivity index is 2.26. The van der Waals surface area contributed by atoms with E-state index in [9.17, 15) is 18.0 Å². The Morgan fingerprint density at radius 1 is 1.16 bits per heavy atom. The predicted molar refractivity (Wildman–Crippen MR) is 94.4 cm³/mol. The van der Waals surface area contributed by atoms with Gasteiger partial charge in [0, 0.05) is 18.7 Å². The summed E-state index contributed by atoms with van der Waals surface area (Å²) < 4.78 is 34.6. The Morgan fingerprint density at radius 2 is 1.80 bits per heavy atom. The largest absolute Gasteiger partial charge is 0.465 e. The highest BCUT2D eigenvalue weighted by Crippen LogP contribution is 2.17. The van der Waals surface area contributed by atoms with Crippen LogP contribution in [0.5, 0.6) is 0 Å². The molecule has 0 radical (unpaired) electrons. The summed E-state index contributed by atoms with van der Waals surface area (Å²) in [5, 5.41) is 0. The first-order valence-corrected chi connectivity index (χ1v) is 10.6. The van der Waals surface area contributed by atoms with Gasteiger partial charge in [0.05, 0.1) is 19.3 Å². The van der Waals surface area contributed by atoms with Crippen molar-refractivity contribution in [1.29, 1.82) is 0 Å². The number of carbonyl (C=O) groups is 2. The summed E-state index contributed by atoms with van der Waals surface area (Å²) in [6.07, 6.45) is 5.54. The number of ether oxygens (including phenoxy) is 2. The fraction of sp³-hybridized carbons (Fsp3) is 0.765. The van der Waals surface area contributed by atoms with E-state index in [1.807, 2.05) is 0 Å². The summed E-state index contributed by atoms with van der Waals surface area (Å²) in [6, 6.07) is 0. The van der Waals surface area contributed by atoms with Crippen LogP contribution in [0.15, 0.2) is 12.2 Å². The van der Waals surface area contributed by atoms with E-state index < -0.39 is 22.0 Å². The molecule has 0 saturated carbocycles. The monoisotopic (exact) mass is 375 g/mol. The lowest BCUT2D eigenvalue weighted by atomic mass is 10.1. The molecule has 0 bridgehead atoms. The maximum atomic E-state index is 12.0. The normalized spacial score (nSPS) is 16.4. The Labute approximate surface area is 150 Å². The molecule has 1 fully saturated rings. The molecule has 1 heterocycles. The van der Waals surface area contributed by atoms with Crippen molar-refractivity contribution >= 4 is 22.0 Å². The molecule has 0 aliphatic carbocycles. The fourth-order valence-electron chi connectivity index (χ4n) is 2.53. The molecule has 7 nitrogen and oxygen atoms in total. The molecule has 1 saturated heterocycles. The highest BCUT2D eigenvalue weighted by molar-refractivity contribution is 7.88. The van der Waals surface area contributed by atoms with E-state index in [4.69, 9.17) is 9.47 Å². The van der Waals surface area contributed by atoms with Gasteiger partial charge in [-0.2, -0.15) is 0 Å². The van der Waals surface area contributed by atoms with Crippen molar-refractivity contribution in [3.05, 3.63) is 12.2 Å². The van der Waals surface area contributed by atoms with Crippen molar-refractivity contribution in [3.8, 4) is 0 Å². The molecule has 0 unspecified atom stereocenters. The number of hydrogen-bond acceptors (Lipinski definition) is 6. The highest BCUT2D eigenvalue weighted by atomic mass is 32.2. The van der Waals surface area contributed by atoms with E-state index in [2.05, 4.69) is 13.5 Å². The molecule has 1 aliphatic rings. The standard InChI is InChI=1S/C17H29NO6S/c1-4-5-6-7-12-23-16(19)13-14(2)17(20)24-15-8-10-18(11-9-15)25(3,21)22/h15H,2,4-13H2,1,3H3. The quantitative estimate of drug-likeness (QED) is 0.330. The lowest BCUT2D eigenvalue weighted by Gasteiger charge is -2.29. The summed E-state index contributed by atoms with van der Waals surface area (Å²) in [5.41, 5.74) is 0.0594. The smallest absolute Gasteiger partial charge is 0.334 e. The molecule has 1 aliphatic heterocycles. The van der Waals surface area contributed by atoms with Crippen LogP contribution < -0.4 is 0 Å². The topological polar surface area (TPSA) is 90.0 Å². The third-order valence-electron chi connectivity index (χ3n) is 4.05. The van der Waals surface area contributed by atoms with Crippen LogP contribution in [0.2, 0.25) is 0 Å². The molecule has 0 spiro atoms. The van der Waals surface area contributed by atoms with Crippen molar-refractivity contribution < 1.29 is 27.5 Å². The zero-order chi connectivity index (χ0) is 18.9. The summed E-state index contributed by atoms with van der Waals surface area (Å²) in [7, 11) is -3.21. The number of carbonyl (C=O) groups excluding carboxylic acids is 2. The maximum absolute atomic E-state index is 12.0. The van der Waals surface area contributed by atoms with Gasteiger partial charge in [0.25, 0.3) is 0 Å². The van der Waals surface area contributed by atoms with E-state index in [1.165, 1.54) is 4.31 Å². The van der Waals surface area contributed by atoms with Crippen LogP contribution in [0, 0.1) is 0 Å². The summed E-state index contributed by atoms with van der Waals surface area (Å²) in [5.74, 6) is -1.11. The van der Waals surface area contributed by atoms with Gasteiger partial charge in [-0.1, -0.05) is 32.8 Å². The van der Waals surface area contributed by atoms with Gasteiger partial charge in [-0.25, -0.2) is 17.5 Å². The Bertz CT molecular complexity index is 564. The van der Waals surface area contributed by atoms with Crippen molar-refractivity contribution in [2.75, 3.05) is 26.0 Å². The number of hydrogen-bond donors (Lipinski definition) is 0. The summed E-state index contributed by atoms with van der Waals surface area (Å²) in [6.45, 7) is 6.69. The summed E-state index contributed by atoms with van der Waals surface area (Å²) in [4.78, 5) is 23.7. The lowest BCUT2D eigenvalue weighted by Crippen LogP contribution is -2.40. The fourth-order valence-corrected chi connectivity index (χ4v) is 3.40. The van der Waals surface area contributed by atoms with Gasteiger partial charge in [0.2, 0.25) is 10.0 Å². The minimum absolute atomic E-state index is 0.0594. The van der Waals surface area contributed by atoms with E-state index >= 15 is 0 Å². The zero-order valence-corrected chi connectivity index (χ0v) is 16.0. The Kier molecular flexibility index (Phi) is 9.13. The van der Waals surface area contributed by atoms with Gasteiger partial charge in [-0.15, -0.1) is 0 Å². The third kappa shape index (κ3) is 8.49. The van der Waals surface area contributed by atoms with Crippen LogP contribution in [0.25, 0.3) is 0 Å². The number of unbranched alkanes of at least 4 members (excludes halogenated alkanes) is 3. The van der Waals surface area contributed by atoms with Gasteiger partial charge in [-0.05, 0) is 19.3 Å². The SMILES string of the molecule is C=C(CC(=O)OCCCCCC)C(=O)OC1CCN(S(C)(=O)=O)CC1. The van der Waals surface area contributed by atoms with Crippen LogP contribution in [-0.4, -0.2) is 56.7 Å². The van der Waals surface area contributed by atoms with Gasteiger partial charge in [0.1, 0.15) is 6.10 Å². The van der Waals surface area contributed by atoms with Gasteiger partial charge < -0.3 is 9.47 Å². The first kappa shape index (κ1) is 21.6. The van der Waals surface area contributed by atoms with E-state index in [0.717, 1.165) is 31.9 Å². The third-order valence-corrected chi connectivity index (χ3v) is 5.35. The van der Waals surface area contributed by atoms with Crippen LogP contribution in [0.3, 0.4) is 0 Å². The predicted octanol–water partition coefficient (Wildman–Crippen LogP) is 2.02. The second-order valence-corrected chi connectivity index (χ2v) is 8.31.